The molecule has 1 saturated heterocycles. The van der Waals surface area contributed by atoms with Crippen LogP contribution in [0.1, 0.15) is 65.4 Å². The van der Waals surface area contributed by atoms with E-state index in [1.807, 2.05) is 27.7 Å². The van der Waals surface area contributed by atoms with Crippen LogP contribution in [-0.4, -0.2) is 25.0 Å². The largest absolute Gasteiger partial charge is 0.306 e. The van der Waals surface area contributed by atoms with Gasteiger partial charge >= 0.3 is 0 Å². The molecule has 0 N–H and O–H groups in total. The minimum Gasteiger partial charge on any atom is -0.306 e. The van der Waals surface area contributed by atoms with Crippen LogP contribution >= 0.6 is 0 Å². The lowest BCUT2D eigenvalue weighted by Gasteiger charge is -2.29. The van der Waals surface area contributed by atoms with Crippen molar-refractivity contribution >= 4 is 0 Å². The van der Waals surface area contributed by atoms with Crippen LogP contribution < -0.4 is 0 Å². The second kappa shape index (κ2) is 15.9. The topological polar surface area (TPSA) is 3.24 Å². The van der Waals surface area contributed by atoms with Crippen LogP contribution in [0.15, 0.2) is 66.3 Å². The lowest BCUT2D eigenvalue weighted by molar-refractivity contribution is 0.255. The number of rotatable bonds is 1. The molecule has 1 aliphatic heterocycles. The quantitative estimate of drug-likeness (QED) is 0.531. The van der Waals surface area contributed by atoms with Crippen LogP contribution in [0.25, 0.3) is 0 Å². The molecular weight excluding hydrogens is 302 g/mol. The average Bonchev–Trinajstić information content (AvgIpc) is 2.94. The number of benzene rings is 1. The minimum atomic E-state index is 0.803. The smallest absolute Gasteiger partial charge is 0.00159 e. The maximum absolute atomic E-state index is 2.42. The van der Waals surface area contributed by atoms with E-state index in [1.165, 1.54) is 37.1 Å². The second-order valence-electron chi connectivity index (χ2n) is 5.97. The summed E-state index contributed by atoms with van der Waals surface area (Å²) < 4.78 is 0. The van der Waals surface area contributed by atoms with Crippen molar-refractivity contribution in [3.8, 4) is 0 Å². The van der Waals surface area contributed by atoms with E-state index in [1.54, 1.807) is 0 Å². The number of nitrogens with zero attached hydrogens (tertiary/aromatic N) is 1. The summed E-state index contributed by atoms with van der Waals surface area (Å²) >= 11 is 0. The average molecular weight is 342 g/mol. The third-order valence-corrected chi connectivity index (χ3v) is 4.14. The first kappa shape index (κ1) is 23.4. The molecule has 1 heterocycles. The lowest BCUT2D eigenvalue weighted by Crippen LogP contribution is -2.29. The van der Waals surface area contributed by atoms with Gasteiger partial charge in [-0.25, -0.2) is 0 Å². The number of hydrogen-bond donors (Lipinski definition) is 0. The van der Waals surface area contributed by atoms with Crippen molar-refractivity contribution in [1.82, 2.24) is 4.90 Å². The molecule has 1 aromatic carbocycles. The molecule has 1 nitrogen and oxygen atoms in total. The lowest BCUT2D eigenvalue weighted by atomic mass is 9.90. The first-order valence-electron chi connectivity index (χ1n) is 9.99. The molecule has 2 aliphatic rings. The fourth-order valence-electron chi connectivity index (χ4n) is 2.75. The van der Waals surface area contributed by atoms with Gasteiger partial charge < -0.3 is 4.90 Å². The third kappa shape index (κ3) is 10.8. The fourth-order valence-corrected chi connectivity index (χ4v) is 2.75. The maximum Gasteiger partial charge on any atom is -0.00159 e. The summed E-state index contributed by atoms with van der Waals surface area (Å²) in [6.07, 6.45) is 14.4. The highest BCUT2D eigenvalue weighted by Gasteiger charge is 2.17. The zero-order valence-corrected chi connectivity index (χ0v) is 17.3. The Balaban J connectivity index is 0.000000414. The zero-order valence-electron chi connectivity index (χ0n) is 17.3. The fraction of sp³-hybridized carbons (Fsp3) is 0.500. The predicted molar refractivity (Wildman–Crippen MR) is 115 cm³/mol. The van der Waals surface area contributed by atoms with Gasteiger partial charge in [0.1, 0.15) is 0 Å². The maximum atomic E-state index is 2.42. The van der Waals surface area contributed by atoms with Gasteiger partial charge in [0.2, 0.25) is 0 Å². The van der Waals surface area contributed by atoms with Crippen LogP contribution in [-0.2, 0) is 0 Å². The first-order chi connectivity index (χ1) is 12.3. The molecule has 140 valence electrons. The summed E-state index contributed by atoms with van der Waals surface area (Å²) in [5.74, 6) is 0.803. The van der Waals surface area contributed by atoms with Crippen LogP contribution in [0.4, 0.5) is 0 Å². The molecule has 0 radical (unpaired) electrons. The summed E-state index contributed by atoms with van der Waals surface area (Å²) in [5, 5.41) is 0. The van der Waals surface area contributed by atoms with Crippen LogP contribution in [0.3, 0.4) is 0 Å². The molecule has 1 fully saturated rings. The Morgan fingerprint density at radius 1 is 0.880 bits per heavy atom. The summed E-state index contributed by atoms with van der Waals surface area (Å²) in [6, 6.07) is 10.9. The highest BCUT2D eigenvalue weighted by atomic mass is 15.1. The van der Waals surface area contributed by atoms with Crippen LogP contribution in [0.5, 0.6) is 0 Å². The van der Waals surface area contributed by atoms with Crippen molar-refractivity contribution < 1.29 is 0 Å². The minimum absolute atomic E-state index is 0.803. The van der Waals surface area contributed by atoms with Gasteiger partial charge in [-0.15, -0.1) is 0 Å². The van der Waals surface area contributed by atoms with Crippen LogP contribution in [0.2, 0.25) is 0 Å². The summed E-state index contributed by atoms with van der Waals surface area (Å²) in [5.41, 5.74) is 2.86. The normalized spacial score (nSPS) is 16.8. The first-order valence-corrected chi connectivity index (χ1v) is 9.99. The van der Waals surface area contributed by atoms with Crippen molar-refractivity contribution in [2.24, 2.45) is 0 Å². The molecule has 25 heavy (non-hydrogen) atoms. The Labute approximate surface area is 157 Å². The van der Waals surface area contributed by atoms with E-state index in [9.17, 15) is 0 Å². The molecule has 0 unspecified atom stereocenters. The highest BCUT2D eigenvalue weighted by Crippen LogP contribution is 2.26. The molecule has 1 heteroatoms. The van der Waals surface area contributed by atoms with E-state index >= 15 is 0 Å². The summed E-state index contributed by atoms with van der Waals surface area (Å²) in [4.78, 5) is 2.42. The van der Waals surface area contributed by atoms with E-state index in [0.29, 0.717) is 0 Å². The van der Waals surface area contributed by atoms with Crippen molar-refractivity contribution in [3.05, 3.63) is 71.8 Å². The number of likely N-dealkylation sites (tertiary alicyclic amines) is 1. The van der Waals surface area contributed by atoms with Gasteiger partial charge in [-0.3, -0.25) is 0 Å². The molecular formula is C24H39N. The van der Waals surface area contributed by atoms with Gasteiger partial charge in [-0.1, -0.05) is 94.0 Å². The standard InChI is InChI=1S/C12H17N.C8H10.2C2H6/c1-13-9-7-12(8-10-13)11-5-3-2-4-6-11;1-8-6-4-2-3-5-7-8;2*1-2/h2-6,12H,7-10H2,1H3;2,4-7H,3H2,1H3;2*1-2H3. The van der Waals surface area contributed by atoms with E-state index in [2.05, 4.69) is 79.6 Å². The second-order valence-corrected chi connectivity index (χ2v) is 5.97. The van der Waals surface area contributed by atoms with Crippen molar-refractivity contribution in [2.75, 3.05) is 20.1 Å². The Morgan fingerprint density at radius 3 is 2.08 bits per heavy atom. The van der Waals surface area contributed by atoms with E-state index in [-0.39, 0.29) is 0 Å². The van der Waals surface area contributed by atoms with Gasteiger partial charge in [0, 0.05) is 0 Å². The van der Waals surface area contributed by atoms with Crippen molar-refractivity contribution in [3.63, 3.8) is 0 Å². The van der Waals surface area contributed by atoms with Crippen molar-refractivity contribution in [1.29, 1.82) is 0 Å². The third-order valence-electron chi connectivity index (χ3n) is 4.14. The molecule has 0 amide bonds. The highest BCUT2D eigenvalue weighted by molar-refractivity contribution is 5.25. The molecule has 1 aromatic rings. The summed E-state index contributed by atoms with van der Waals surface area (Å²) in [6.45, 7) is 12.6. The molecule has 0 bridgehead atoms. The zero-order chi connectivity index (χ0) is 18.9. The number of piperidine rings is 1. The molecule has 0 spiro atoms. The molecule has 0 aromatic heterocycles. The van der Waals surface area contributed by atoms with Gasteiger partial charge in [0.05, 0.1) is 0 Å². The number of allylic oxidation sites excluding steroid dienone is 6. The molecule has 0 atom stereocenters. The monoisotopic (exact) mass is 341 g/mol. The Bertz CT molecular complexity index is 488. The van der Waals surface area contributed by atoms with Crippen molar-refractivity contribution in [2.45, 2.75) is 59.8 Å². The SMILES string of the molecule is CC.CC.CC1=CC=CCC=C1.CN1CCC(c2ccccc2)CC1. The Morgan fingerprint density at radius 2 is 1.48 bits per heavy atom. The van der Waals surface area contributed by atoms with Gasteiger partial charge in [0.15, 0.2) is 0 Å². The number of hydrogen-bond acceptors (Lipinski definition) is 1. The van der Waals surface area contributed by atoms with Gasteiger partial charge in [-0.2, -0.15) is 0 Å². The van der Waals surface area contributed by atoms with E-state index in [4.69, 9.17) is 0 Å². The molecule has 1 aliphatic carbocycles. The summed E-state index contributed by atoms with van der Waals surface area (Å²) in [7, 11) is 2.21. The van der Waals surface area contributed by atoms with Gasteiger partial charge in [0.25, 0.3) is 0 Å². The van der Waals surface area contributed by atoms with Gasteiger partial charge in [-0.05, 0) is 57.8 Å². The molecule has 3 rings (SSSR count). The Kier molecular flexibility index (Phi) is 14.9. The van der Waals surface area contributed by atoms with Crippen LogP contribution in [0, 0.1) is 0 Å². The van der Waals surface area contributed by atoms with E-state index < -0.39 is 0 Å². The molecule has 0 saturated carbocycles. The predicted octanol–water partition coefficient (Wildman–Crippen LogP) is 7.00. The Hall–Kier alpha value is -1.60. The van der Waals surface area contributed by atoms with E-state index in [0.717, 1.165) is 12.3 Å².